The first-order chi connectivity index (χ1) is 10.7. The Morgan fingerprint density at radius 3 is 1.74 bits per heavy atom. The third-order valence-corrected chi connectivity index (χ3v) is 3.79. The molecule has 1 aliphatic rings. The van der Waals surface area contributed by atoms with Gasteiger partial charge in [-0.25, -0.2) is 9.59 Å². The Morgan fingerprint density at radius 1 is 0.913 bits per heavy atom. The highest BCUT2D eigenvalue weighted by atomic mass is 16.6. The van der Waals surface area contributed by atoms with Gasteiger partial charge in [-0.15, -0.1) is 0 Å². The SMILES string of the molecule is CC(C)CCOC(=O)N1CCN(C(=O)OCCC(C)(C)C)CC1. The molecule has 0 aromatic rings. The maximum absolute atomic E-state index is 12.0. The Morgan fingerprint density at radius 2 is 1.35 bits per heavy atom. The molecule has 0 aromatic heterocycles. The van der Waals surface area contributed by atoms with E-state index >= 15 is 0 Å². The molecular weight excluding hydrogens is 296 g/mol. The van der Waals surface area contributed by atoms with Crippen LogP contribution in [0.1, 0.15) is 47.5 Å². The van der Waals surface area contributed by atoms with E-state index in [-0.39, 0.29) is 17.6 Å². The molecule has 1 fully saturated rings. The highest BCUT2D eigenvalue weighted by Crippen LogP contribution is 2.18. The van der Waals surface area contributed by atoms with Gasteiger partial charge >= 0.3 is 12.2 Å². The van der Waals surface area contributed by atoms with Crippen molar-refractivity contribution in [2.45, 2.75) is 47.5 Å². The average Bonchev–Trinajstić information content (AvgIpc) is 2.45. The minimum Gasteiger partial charge on any atom is -0.449 e. The molecule has 0 saturated carbocycles. The molecule has 0 unspecified atom stereocenters. The molecule has 6 heteroatoms. The lowest BCUT2D eigenvalue weighted by atomic mass is 9.93. The van der Waals surface area contributed by atoms with Crippen LogP contribution in [0.15, 0.2) is 0 Å². The summed E-state index contributed by atoms with van der Waals surface area (Å²) in [5.74, 6) is 0.516. The second-order valence-corrected chi connectivity index (χ2v) is 7.70. The summed E-state index contributed by atoms with van der Waals surface area (Å²) in [6, 6.07) is 0. The second kappa shape index (κ2) is 8.99. The molecule has 6 nitrogen and oxygen atoms in total. The number of piperazine rings is 1. The second-order valence-electron chi connectivity index (χ2n) is 7.70. The van der Waals surface area contributed by atoms with Crippen LogP contribution in [0, 0.1) is 11.3 Å². The highest BCUT2D eigenvalue weighted by molar-refractivity contribution is 5.70. The first kappa shape index (κ1) is 19.6. The molecule has 1 aliphatic heterocycles. The minimum atomic E-state index is -0.290. The molecule has 0 N–H and O–H groups in total. The molecule has 1 heterocycles. The largest absolute Gasteiger partial charge is 0.449 e. The van der Waals surface area contributed by atoms with Crippen molar-refractivity contribution < 1.29 is 19.1 Å². The Balaban J connectivity index is 2.23. The van der Waals surface area contributed by atoms with E-state index in [9.17, 15) is 9.59 Å². The maximum atomic E-state index is 12.0. The van der Waals surface area contributed by atoms with E-state index in [1.54, 1.807) is 9.80 Å². The van der Waals surface area contributed by atoms with E-state index < -0.39 is 0 Å². The summed E-state index contributed by atoms with van der Waals surface area (Å²) in [6.45, 7) is 13.4. The number of carbonyl (C=O) groups excluding carboxylic acids is 2. The molecule has 0 bridgehead atoms. The number of hydrogen-bond acceptors (Lipinski definition) is 4. The van der Waals surface area contributed by atoms with Crippen LogP contribution in [0.3, 0.4) is 0 Å². The van der Waals surface area contributed by atoms with Crippen molar-refractivity contribution in [1.82, 2.24) is 9.80 Å². The summed E-state index contributed by atoms with van der Waals surface area (Å²) in [7, 11) is 0. The van der Waals surface area contributed by atoms with Crippen molar-refractivity contribution in [2.24, 2.45) is 11.3 Å². The van der Waals surface area contributed by atoms with E-state index in [0.29, 0.717) is 45.3 Å². The monoisotopic (exact) mass is 328 g/mol. The van der Waals surface area contributed by atoms with Crippen LogP contribution >= 0.6 is 0 Å². The first-order valence-corrected chi connectivity index (χ1v) is 8.52. The van der Waals surface area contributed by atoms with Crippen molar-refractivity contribution in [3.63, 3.8) is 0 Å². The highest BCUT2D eigenvalue weighted by Gasteiger charge is 2.26. The molecular formula is C17H32N2O4. The predicted molar refractivity (Wildman–Crippen MR) is 89.4 cm³/mol. The number of amides is 2. The van der Waals surface area contributed by atoms with E-state index in [2.05, 4.69) is 34.6 Å². The maximum Gasteiger partial charge on any atom is 0.409 e. The molecule has 0 spiro atoms. The molecule has 1 rings (SSSR count). The van der Waals surface area contributed by atoms with Crippen molar-refractivity contribution in [1.29, 1.82) is 0 Å². The van der Waals surface area contributed by atoms with E-state index in [1.165, 1.54) is 0 Å². The van der Waals surface area contributed by atoms with Crippen molar-refractivity contribution in [2.75, 3.05) is 39.4 Å². The fraction of sp³-hybridized carbons (Fsp3) is 0.882. The van der Waals surface area contributed by atoms with E-state index in [0.717, 1.165) is 12.8 Å². The summed E-state index contributed by atoms with van der Waals surface area (Å²) < 4.78 is 10.5. The van der Waals surface area contributed by atoms with E-state index in [4.69, 9.17) is 9.47 Å². The van der Waals surface area contributed by atoms with Gasteiger partial charge in [-0.1, -0.05) is 34.6 Å². The van der Waals surface area contributed by atoms with Crippen LogP contribution in [0.5, 0.6) is 0 Å². The summed E-state index contributed by atoms with van der Waals surface area (Å²) in [5, 5.41) is 0. The van der Waals surface area contributed by atoms with Crippen molar-refractivity contribution in [3.05, 3.63) is 0 Å². The number of hydrogen-bond donors (Lipinski definition) is 0. The molecule has 0 aromatic carbocycles. The summed E-state index contributed by atoms with van der Waals surface area (Å²) in [4.78, 5) is 27.2. The number of nitrogens with zero attached hydrogens (tertiary/aromatic N) is 2. The normalized spacial score (nSPS) is 15.7. The average molecular weight is 328 g/mol. The standard InChI is InChI=1S/C17H32N2O4/c1-14(2)6-12-22-15(20)18-8-10-19(11-9-18)16(21)23-13-7-17(3,4)5/h14H,6-13H2,1-5H3. The molecule has 2 amide bonds. The number of ether oxygens (including phenoxy) is 2. The predicted octanol–water partition coefficient (Wildman–Crippen LogP) is 3.36. The van der Waals surface area contributed by atoms with Gasteiger partial charge in [0.1, 0.15) is 0 Å². The van der Waals surface area contributed by atoms with E-state index in [1.807, 2.05) is 0 Å². The zero-order chi connectivity index (χ0) is 17.5. The van der Waals surface area contributed by atoms with Crippen LogP contribution in [0.25, 0.3) is 0 Å². The van der Waals surface area contributed by atoms with Crippen molar-refractivity contribution >= 4 is 12.2 Å². The summed E-state index contributed by atoms with van der Waals surface area (Å²) in [6.07, 6.45) is 1.13. The Labute approximate surface area is 140 Å². The summed E-state index contributed by atoms with van der Waals surface area (Å²) in [5.41, 5.74) is 0.152. The Bertz CT molecular complexity index is 383. The lowest BCUT2D eigenvalue weighted by molar-refractivity contribution is 0.0557. The minimum absolute atomic E-state index is 0.152. The number of carbonyl (C=O) groups is 2. The fourth-order valence-corrected chi connectivity index (χ4v) is 2.08. The first-order valence-electron chi connectivity index (χ1n) is 8.52. The quantitative estimate of drug-likeness (QED) is 0.776. The molecule has 1 saturated heterocycles. The number of rotatable bonds is 5. The van der Waals surface area contributed by atoms with Crippen LogP contribution in [0.2, 0.25) is 0 Å². The zero-order valence-electron chi connectivity index (χ0n) is 15.3. The van der Waals surface area contributed by atoms with Crippen molar-refractivity contribution in [3.8, 4) is 0 Å². The van der Waals surface area contributed by atoms with Gasteiger partial charge in [0.2, 0.25) is 0 Å². The van der Waals surface area contributed by atoms with Gasteiger partial charge in [-0.05, 0) is 24.2 Å². The topological polar surface area (TPSA) is 59.1 Å². The van der Waals surface area contributed by atoms with Gasteiger partial charge in [-0.3, -0.25) is 0 Å². The van der Waals surface area contributed by atoms with Gasteiger partial charge in [0.25, 0.3) is 0 Å². The third kappa shape index (κ3) is 8.09. The Kier molecular flexibility index (Phi) is 7.65. The van der Waals surface area contributed by atoms with Crippen LogP contribution in [0.4, 0.5) is 9.59 Å². The summed E-state index contributed by atoms with van der Waals surface area (Å²) >= 11 is 0. The lowest BCUT2D eigenvalue weighted by Crippen LogP contribution is -2.51. The van der Waals surface area contributed by atoms with Gasteiger partial charge in [-0.2, -0.15) is 0 Å². The van der Waals surface area contributed by atoms with Crippen LogP contribution < -0.4 is 0 Å². The van der Waals surface area contributed by atoms with Gasteiger partial charge in [0, 0.05) is 26.2 Å². The van der Waals surface area contributed by atoms with Gasteiger partial charge in [0.05, 0.1) is 13.2 Å². The molecule has 134 valence electrons. The molecule has 0 aliphatic carbocycles. The molecule has 0 atom stereocenters. The molecule has 23 heavy (non-hydrogen) atoms. The van der Waals surface area contributed by atoms with Gasteiger partial charge in [0.15, 0.2) is 0 Å². The fourth-order valence-electron chi connectivity index (χ4n) is 2.08. The lowest BCUT2D eigenvalue weighted by Gasteiger charge is -2.33. The van der Waals surface area contributed by atoms with Gasteiger partial charge < -0.3 is 19.3 Å². The third-order valence-electron chi connectivity index (χ3n) is 3.79. The Hall–Kier alpha value is -1.46. The molecule has 0 radical (unpaired) electrons. The zero-order valence-corrected chi connectivity index (χ0v) is 15.3. The van der Waals surface area contributed by atoms with Crippen LogP contribution in [-0.2, 0) is 9.47 Å². The smallest absolute Gasteiger partial charge is 0.409 e. The van der Waals surface area contributed by atoms with Crippen LogP contribution in [-0.4, -0.2) is 61.4 Å².